The third-order valence-electron chi connectivity index (χ3n) is 3.63. The molecule has 1 aliphatic heterocycles. The van der Waals surface area contributed by atoms with Gasteiger partial charge < -0.3 is 4.90 Å². The Hall–Kier alpha value is -0.530. The first-order chi connectivity index (χ1) is 6.66. The quantitative estimate of drug-likeness (QED) is 0.628. The number of carbonyl (C=O) groups excluding carboxylic acids is 1. The molecule has 1 amide bonds. The Morgan fingerprint density at radius 1 is 1.14 bits per heavy atom. The smallest absolute Gasteiger partial charge is 0.225 e. The number of rotatable bonds is 1. The van der Waals surface area contributed by atoms with Crippen molar-refractivity contribution in [2.75, 3.05) is 13.1 Å². The molecule has 0 radical (unpaired) electrons. The van der Waals surface area contributed by atoms with Gasteiger partial charge in [0.2, 0.25) is 5.91 Å². The van der Waals surface area contributed by atoms with E-state index in [9.17, 15) is 4.79 Å². The maximum Gasteiger partial charge on any atom is 0.225 e. The second-order valence-corrected chi connectivity index (χ2v) is 5.32. The molecule has 2 atom stereocenters. The number of hydrogen-bond donors (Lipinski definition) is 0. The Balaban J connectivity index is 1.92. The third-order valence-corrected chi connectivity index (χ3v) is 3.63. The summed E-state index contributed by atoms with van der Waals surface area (Å²) in [6.07, 6.45) is 4.82. The second kappa shape index (κ2) is 3.92. The fourth-order valence-corrected chi connectivity index (χ4v) is 2.76. The molecule has 2 fully saturated rings. The summed E-state index contributed by atoms with van der Waals surface area (Å²) in [6, 6.07) is 0. The van der Waals surface area contributed by atoms with Gasteiger partial charge in [-0.3, -0.25) is 4.79 Å². The molecule has 0 unspecified atom stereocenters. The van der Waals surface area contributed by atoms with Crippen LogP contribution in [0.4, 0.5) is 0 Å². The molecule has 14 heavy (non-hydrogen) atoms. The van der Waals surface area contributed by atoms with Gasteiger partial charge in [0.05, 0.1) is 0 Å². The molecule has 2 rings (SSSR count). The molecule has 1 saturated carbocycles. The number of hydrogen-bond acceptors (Lipinski definition) is 1. The van der Waals surface area contributed by atoms with Gasteiger partial charge in [-0.05, 0) is 31.1 Å². The molecule has 2 aliphatic rings. The highest BCUT2D eigenvalue weighted by Crippen LogP contribution is 2.30. The maximum absolute atomic E-state index is 12.0. The minimum absolute atomic E-state index is 0.382. The maximum atomic E-state index is 12.0. The summed E-state index contributed by atoms with van der Waals surface area (Å²) in [6.45, 7) is 6.52. The highest BCUT2D eigenvalue weighted by Gasteiger charge is 2.32. The highest BCUT2D eigenvalue weighted by atomic mass is 16.2. The topological polar surface area (TPSA) is 20.3 Å². The standard InChI is InChI=1S/C12H21NO/c1-9-6-10(2)8-13(7-9)12(14)11-4-3-5-11/h9-11H,3-8H2,1-2H3/t9-,10-/m0/s1. The van der Waals surface area contributed by atoms with Gasteiger partial charge in [0.15, 0.2) is 0 Å². The molecule has 0 N–H and O–H groups in total. The van der Waals surface area contributed by atoms with E-state index in [4.69, 9.17) is 0 Å². The van der Waals surface area contributed by atoms with Gasteiger partial charge in [0.1, 0.15) is 0 Å². The van der Waals surface area contributed by atoms with Crippen LogP contribution >= 0.6 is 0 Å². The normalized spacial score (nSPS) is 34.0. The summed E-state index contributed by atoms with van der Waals surface area (Å²) < 4.78 is 0. The molecule has 0 spiro atoms. The van der Waals surface area contributed by atoms with Gasteiger partial charge >= 0.3 is 0 Å². The van der Waals surface area contributed by atoms with E-state index in [2.05, 4.69) is 18.7 Å². The van der Waals surface area contributed by atoms with Crippen molar-refractivity contribution in [3.63, 3.8) is 0 Å². The van der Waals surface area contributed by atoms with Crippen LogP contribution < -0.4 is 0 Å². The van der Waals surface area contributed by atoms with Crippen molar-refractivity contribution in [2.24, 2.45) is 17.8 Å². The number of likely N-dealkylation sites (tertiary alicyclic amines) is 1. The van der Waals surface area contributed by atoms with Gasteiger partial charge in [-0.25, -0.2) is 0 Å². The molecule has 1 aliphatic carbocycles. The summed E-state index contributed by atoms with van der Waals surface area (Å²) in [7, 11) is 0. The van der Waals surface area contributed by atoms with Crippen LogP contribution in [0.15, 0.2) is 0 Å². The van der Waals surface area contributed by atoms with Gasteiger partial charge in [0, 0.05) is 19.0 Å². The summed E-state index contributed by atoms with van der Waals surface area (Å²) in [5, 5.41) is 0. The van der Waals surface area contributed by atoms with Crippen molar-refractivity contribution in [3.05, 3.63) is 0 Å². The largest absolute Gasteiger partial charge is 0.342 e. The summed E-state index contributed by atoms with van der Waals surface area (Å²) >= 11 is 0. The van der Waals surface area contributed by atoms with Crippen molar-refractivity contribution in [2.45, 2.75) is 39.5 Å². The van der Waals surface area contributed by atoms with E-state index in [0.717, 1.165) is 25.9 Å². The lowest BCUT2D eigenvalue weighted by molar-refractivity contribution is -0.140. The zero-order chi connectivity index (χ0) is 10.1. The van der Waals surface area contributed by atoms with Crippen LogP contribution in [0.5, 0.6) is 0 Å². The Kier molecular flexibility index (Phi) is 2.80. The molecule has 2 nitrogen and oxygen atoms in total. The van der Waals surface area contributed by atoms with Crippen molar-refractivity contribution in [3.8, 4) is 0 Å². The molecule has 1 heterocycles. The number of carbonyl (C=O) groups is 1. The zero-order valence-electron chi connectivity index (χ0n) is 9.33. The monoisotopic (exact) mass is 195 g/mol. The predicted octanol–water partition coefficient (Wildman–Crippen LogP) is 2.29. The van der Waals surface area contributed by atoms with E-state index < -0.39 is 0 Å². The fraction of sp³-hybridized carbons (Fsp3) is 0.917. The number of amides is 1. The van der Waals surface area contributed by atoms with Gasteiger partial charge in [0.25, 0.3) is 0 Å². The van der Waals surface area contributed by atoms with Crippen LogP contribution in [-0.4, -0.2) is 23.9 Å². The lowest BCUT2D eigenvalue weighted by Gasteiger charge is -2.38. The Labute approximate surface area is 86.7 Å². The van der Waals surface area contributed by atoms with E-state index in [1.165, 1.54) is 12.8 Å². The number of nitrogens with zero attached hydrogens (tertiary/aromatic N) is 1. The Bertz CT molecular complexity index is 212. The molecule has 2 heteroatoms. The molecule has 1 saturated heterocycles. The minimum atomic E-state index is 0.382. The van der Waals surface area contributed by atoms with Crippen molar-refractivity contribution in [1.82, 2.24) is 4.90 Å². The second-order valence-electron chi connectivity index (χ2n) is 5.32. The minimum Gasteiger partial charge on any atom is -0.342 e. The fourth-order valence-electron chi connectivity index (χ4n) is 2.76. The summed E-state index contributed by atoms with van der Waals surface area (Å²) in [5.74, 6) is 2.22. The van der Waals surface area contributed by atoms with Crippen LogP contribution in [0.25, 0.3) is 0 Å². The first kappa shape index (κ1) is 10.0. The van der Waals surface area contributed by atoms with E-state index in [-0.39, 0.29) is 0 Å². The molecule has 0 aromatic rings. The molecule has 0 bridgehead atoms. The predicted molar refractivity (Wildman–Crippen MR) is 56.9 cm³/mol. The SMILES string of the molecule is C[C@H]1C[C@H](C)CN(C(=O)C2CCC2)C1. The lowest BCUT2D eigenvalue weighted by Crippen LogP contribution is -2.46. The van der Waals surface area contributed by atoms with Gasteiger partial charge in [-0.2, -0.15) is 0 Å². The highest BCUT2D eigenvalue weighted by molar-refractivity contribution is 5.79. The molecule has 0 aromatic carbocycles. The molecular weight excluding hydrogens is 174 g/mol. The van der Waals surface area contributed by atoms with E-state index in [1.54, 1.807) is 0 Å². The van der Waals surface area contributed by atoms with E-state index >= 15 is 0 Å². The Morgan fingerprint density at radius 3 is 2.14 bits per heavy atom. The Morgan fingerprint density at radius 2 is 1.71 bits per heavy atom. The first-order valence-electron chi connectivity index (χ1n) is 5.95. The average molecular weight is 195 g/mol. The summed E-state index contributed by atoms with van der Waals surface area (Å²) in [5.41, 5.74) is 0. The first-order valence-corrected chi connectivity index (χ1v) is 5.95. The van der Waals surface area contributed by atoms with Crippen molar-refractivity contribution < 1.29 is 4.79 Å². The van der Waals surface area contributed by atoms with Crippen LogP contribution in [0, 0.1) is 17.8 Å². The van der Waals surface area contributed by atoms with E-state index in [0.29, 0.717) is 23.7 Å². The van der Waals surface area contributed by atoms with E-state index in [1.807, 2.05) is 0 Å². The number of piperidine rings is 1. The molecule has 0 aromatic heterocycles. The molecular formula is C12H21NO. The van der Waals surface area contributed by atoms with Gasteiger partial charge in [-0.15, -0.1) is 0 Å². The van der Waals surface area contributed by atoms with Crippen molar-refractivity contribution >= 4 is 5.91 Å². The van der Waals surface area contributed by atoms with Crippen LogP contribution in [0.3, 0.4) is 0 Å². The lowest BCUT2D eigenvalue weighted by atomic mass is 9.83. The van der Waals surface area contributed by atoms with Crippen LogP contribution in [-0.2, 0) is 4.79 Å². The average Bonchev–Trinajstić information content (AvgIpc) is 1.98. The molecule has 80 valence electrons. The summed E-state index contributed by atoms with van der Waals surface area (Å²) in [4.78, 5) is 14.1. The van der Waals surface area contributed by atoms with Gasteiger partial charge in [-0.1, -0.05) is 20.3 Å². The zero-order valence-corrected chi connectivity index (χ0v) is 9.33. The van der Waals surface area contributed by atoms with Crippen LogP contribution in [0.2, 0.25) is 0 Å². The van der Waals surface area contributed by atoms with Crippen LogP contribution in [0.1, 0.15) is 39.5 Å². The third kappa shape index (κ3) is 1.94. The van der Waals surface area contributed by atoms with Crippen molar-refractivity contribution in [1.29, 1.82) is 0 Å².